The molecule has 1 N–H and O–H groups in total. The van der Waals surface area contributed by atoms with Gasteiger partial charge in [-0.05, 0) is 23.3 Å². The van der Waals surface area contributed by atoms with Crippen LogP contribution in [0.1, 0.15) is 16.7 Å². The first-order chi connectivity index (χ1) is 12.4. The first-order valence-electron chi connectivity index (χ1n) is 7.76. The predicted molar refractivity (Wildman–Crippen MR) is 91.7 cm³/mol. The number of nitrogens with one attached hydrogen (secondary N) is 1. The molecule has 4 nitrogen and oxygen atoms in total. The van der Waals surface area contributed by atoms with Crippen molar-refractivity contribution < 1.29 is 27.4 Å². The van der Waals surface area contributed by atoms with Crippen molar-refractivity contribution in [3.8, 4) is 5.75 Å². The van der Waals surface area contributed by atoms with Gasteiger partial charge in [-0.2, -0.15) is 13.2 Å². The minimum Gasteiger partial charge on any atom is -0.496 e. The molecule has 0 aliphatic heterocycles. The zero-order chi connectivity index (χ0) is 19.0. The lowest BCUT2D eigenvalue weighted by Gasteiger charge is -2.12. The van der Waals surface area contributed by atoms with Crippen LogP contribution in [-0.4, -0.2) is 19.7 Å². The van der Waals surface area contributed by atoms with Crippen molar-refractivity contribution in [3.63, 3.8) is 0 Å². The molecule has 0 aliphatic rings. The van der Waals surface area contributed by atoms with Crippen molar-refractivity contribution in [3.05, 3.63) is 71.3 Å². The van der Waals surface area contributed by atoms with Crippen LogP contribution in [0.4, 0.5) is 18.0 Å². The van der Waals surface area contributed by atoms with Gasteiger partial charge in [-0.15, -0.1) is 0 Å². The Morgan fingerprint density at radius 1 is 1.15 bits per heavy atom. The molecule has 26 heavy (non-hydrogen) atoms. The number of amides is 1. The highest BCUT2D eigenvalue weighted by atomic mass is 19.4. The van der Waals surface area contributed by atoms with Gasteiger partial charge in [0, 0.05) is 6.54 Å². The van der Waals surface area contributed by atoms with Gasteiger partial charge in [0.15, 0.2) is 0 Å². The number of methoxy groups -OCH3 is 1. The molecule has 0 atom stereocenters. The molecule has 0 radical (unpaired) electrons. The second-order valence-corrected chi connectivity index (χ2v) is 5.30. The van der Waals surface area contributed by atoms with Gasteiger partial charge in [-0.25, -0.2) is 4.79 Å². The van der Waals surface area contributed by atoms with Crippen LogP contribution >= 0.6 is 0 Å². The van der Waals surface area contributed by atoms with Crippen molar-refractivity contribution in [2.45, 2.75) is 12.8 Å². The third kappa shape index (κ3) is 5.84. The smallest absolute Gasteiger partial charge is 0.419 e. The standard InChI is InChI=1S/C19H18F3NO3/c1-25-17-12-14(9-10-16(17)19(20,21)22)8-5-11-23-18(24)26-13-15-6-3-2-4-7-15/h2-10,12H,11,13H2,1H3,(H,23,24). The van der Waals surface area contributed by atoms with E-state index in [0.29, 0.717) is 5.56 Å². The number of hydrogen-bond acceptors (Lipinski definition) is 3. The zero-order valence-electron chi connectivity index (χ0n) is 14.0. The Labute approximate surface area is 149 Å². The molecule has 2 rings (SSSR count). The summed E-state index contributed by atoms with van der Waals surface area (Å²) in [5.41, 5.74) is 0.559. The molecule has 0 saturated carbocycles. The van der Waals surface area contributed by atoms with Gasteiger partial charge in [0.25, 0.3) is 0 Å². The summed E-state index contributed by atoms with van der Waals surface area (Å²) in [6, 6.07) is 12.8. The molecule has 0 fully saturated rings. The van der Waals surface area contributed by atoms with E-state index in [2.05, 4.69) is 5.32 Å². The highest BCUT2D eigenvalue weighted by Gasteiger charge is 2.34. The normalized spacial score (nSPS) is 11.4. The van der Waals surface area contributed by atoms with E-state index in [0.717, 1.165) is 11.6 Å². The van der Waals surface area contributed by atoms with Crippen molar-refractivity contribution in [1.29, 1.82) is 0 Å². The van der Waals surface area contributed by atoms with E-state index in [1.54, 1.807) is 12.2 Å². The number of alkyl carbamates (subject to hydrolysis) is 1. The summed E-state index contributed by atoms with van der Waals surface area (Å²) >= 11 is 0. The maximum atomic E-state index is 12.8. The van der Waals surface area contributed by atoms with E-state index in [-0.39, 0.29) is 18.9 Å². The van der Waals surface area contributed by atoms with Crippen LogP contribution in [0, 0.1) is 0 Å². The van der Waals surface area contributed by atoms with Crippen LogP contribution in [0.3, 0.4) is 0 Å². The Morgan fingerprint density at radius 3 is 2.54 bits per heavy atom. The molecule has 7 heteroatoms. The topological polar surface area (TPSA) is 47.6 Å². The monoisotopic (exact) mass is 365 g/mol. The van der Waals surface area contributed by atoms with Gasteiger partial charge >= 0.3 is 12.3 Å². The highest BCUT2D eigenvalue weighted by molar-refractivity contribution is 5.67. The molecule has 138 valence electrons. The predicted octanol–water partition coefficient (Wildman–Crippen LogP) is 4.65. The van der Waals surface area contributed by atoms with Crippen molar-refractivity contribution in [1.82, 2.24) is 5.32 Å². The van der Waals surface area contributed by atoms with Gasteiger partial charge in [0.05, 0.1) is 12.7 Å². The molecule has 1 amide bonds. The molecular weight excluding hydrogens is 347 g/mol. The Balaban J connectivity index is 1.83. The number of carbonyl (C=O) groups is 1. The number of alkyl halides is 3. The highest BCUT2D eigenvalue weighted by Crippen LogP contribution is 2.36. The number of hydrogen-bond donors (Lipinski definition) is 1. The molecule has 0 unspecified atom stereocenters. The van der Waals surface area contributed by atoms with Crippen molar-refractivity contribution >= 4 is 12.2 Å². The molecule has 0 bridgehead atoms. The quantitative estimate of drug-likeness (QED) is 0.810. The van der Waals surface area contributed by atoms with Crippen molar-refractivity contribution in [2.75, 3.05) is 13.7 Å². The number of halogens is 3. The molecule has 0 heterocycles. The van der Waals surface area contributed by atoms with Crippen LogP contribution in [0.25, 0.3) is 6.08 Å². The van der Waals surface area contributed by atoms with Gasteiger partial charge < -0.3 is 14.8 Å². The number of carbonyl (C=O) groups excluding carboxylic acids is 1. The van der Waals surface area contributed by atoms with Crippen LogP contribution < -0.4 is 10.1 Å². The van der Waals surface area contributed by atoms with Gasteiger partial charge in [-0.1, -0.05) is 48.6 Å². The average Bonchev–Trinajstić information content (AvgIpc) is 2.63. The first-order valence-corrected chi connectivity index (χ1v) is 7.76. The van der Waals surface area contributed by atoms with E-state index in [9.17, 15) is 18.0 Å². The summed E-state index contributed by atoms with van der Waals surface area (Å²) in [6.45, 7) is 0.337. The minimum absolute atomic E-state index is 0.159. The third-order valence-corrected chi connectivity index (χ3v) is 3.42. The summed E-state index contributed by atoms with van der Waals surface area (Å²) in [4.78, 5) is 11.6. The summed E-state index contributed by atoms with van der Waals surface area (Å²) in [5.74, 6) is -0.255. The summed E-state index contributed by atoms with van der Waals surface area (Å²) in [5, 5.41) is 2.53. The van der Waals surface area contributed by atoms with E-state index in [1.165, 1.54) is 19.2 Å². The summed E-state index contributed by atoms with van der Waals surface area (Å²) < 4.78 is 48.2. The third-order valence-electron chi connectivity index (χ3n) is 3.42. The largest absolute Gasteiger partial charge is 0.496 e. The van der Waals surface area contributed by atoms with Gasteiger partial charge in [0.1, 0.15) is 12.4 Å². The molecule has 0 aromatic heterocycles. The SMILES string of the molecule is COc1cc(C=CCNC(=O)OCc2ccccc2)ccc1C(F)(F)F. The lowest BCUT2D eigenvalue weighted by molar-refractivity contribution is -0.138. The Morgan fingerprint density at radius 2 is 1.88 bits per heavy atom. The molecule has 2 aromatic rings. The average molecular weight is 365 g/mol. The van der Waals surface area contributed by atoms with Crippen LogP contribution in [0.2, 0.25) is 0 Å². The second-order valence-electron chi connectivity index (χ2n) is 5.30. The van der Waals surface area contributed by atoms with E-state index >= 15 is 0 Å². The minimum atomic E-state index is -4.47. The number of rotatable bonds is 6. The van der Waals surface area contributed by atoms with Gasteiger partial charge in [0.2, 0.25) is 0 Å². The van der Waals surface area contributed by atoms with E-state index in [4.69, 9.17) is 9.47 Å². The maximum absolute atomic E-state index is 12.8. The Bertz CT molecular complexity index is 758. The lowest BCUT2D eigenvalue weighted by Crippen LogP contribution is -2.24. The molecule has 2 aromatic carbocycles. The zero-order valence-corrected chi connectivity index (χ0v) is 14.0. The first kappa shape index (κ1) is 19.4. The summed E-state index contributed by atoms with van der Waals surface area (Å²) in [6.07, 6.45) is -1.87. The summed E-state index contributed by atoms with van der Waals surface area (Å²) in [7, 11) is 1.18. The fourth-order valence-corrected chi connectivity index (χ4v) is 2.16. The maximum Gasteiger partial charge on any atom is 0.419 e. The molecule has 0 saturated heterocycles. The van der Waals surface area contributed by atoms with Crippen molar-refractivity contribution in [2.24, 2.45) is 0 Å². The molecule has 0 spiro atoms. The van der Waals surface area contributed by atoms with Crippen LogP contribution in [0.5, 0.6) is 5.75 Å². The van der Waals surface area contributed by atoms with E-state index in [1.807, 2.05) is 30.3 Å². The van der Waals surface area contributed by atoms with Gasteiger partial charge in [-0.3, -0.25) is 0 Å². The Hall–Kier alpha value is -2.96. The number of benzene rings is 2. The van der Waals surface area contributed by atoms with Crippen LogP contribution in [0.15, 0.2) is 54.6 Å². The van der Waals surface area contributed by atoms with E-state index < -0.39 is 17.8 Å². The van der Waals surface area contributed by atoms with Crippen LogP contribution in [-0.2, 0) is 17.5 Å². The second kappa shape index (κ2) is 8.94. The fourth-order valence-electron chi connectivity index (χ4n) is 2.16. The Kier molecular flexibility index (Phi) is 6.66. The molecule has 0 aliphatic carbocycles. The molecular formula is C19H18F3NO3. The number of ether oxygens (including phenoxy) is 2. The fraction of sp³-hybridized carbons (Fsp3) is 0.211. The lowest BCUT2D eigenvalue weighted by atomic mass is 10.1.